The lowest BCUT2D eigenvalue weighted by atomic mass is 10.5. The molecule has 0 aromatic rings. The van der Waals surface area contributed by atoms with Crippen molar-refractivity contribution in [1.29, 1.82) is 0 Å². The second-order valence-electron chi connectivity index (χ2n) is 3.55. The van der Waals surface area contributed by atoms with E-state index in [-0.39, 0.29) is 0 Å². The Hall–Kier alpha value is -0.160. The van der Waals surface area contributed by atoms with Gasteiger partial charge in [0.05, 0.1) is 21.1 Å². The van der Waals surface area contributed by atoms with Crippen molar-refractivity contribution in [2.75, 3.05) is 47.4 Å². The van der Waals surface area contributed by atoms with Gasteiger partial charge in [-0.25, -0.2) is 5.48 Å². The van der Waals surface area contributed by atoms with Crippen LogP contribution in [0.3, 0.4) is 0 Å². The monoisotopic (exact) mass is 162 g/mol. The average Bonchev–Trinajstić information content (AvgIpc) is 1.85. The smallest absolute Gasteiger partial charge is 0.117 e. The minimum Gasteiger partial charge on any atom is -0.329 e. The number of nitrogens with zero attached hydrogens (tertiary/aromatic N) is 1. The van der Waals surface area contributed by atoms with Crippen LogP contribution in [0.2, 0.25) is 0 Å². The van der Waals surface area contributed by atoms with Crippen LogP contribution < -0.4 is 11.2 Å². The molecule has 0 aliphatic rings. The first-order valence-electron chi connectivity index (χ1n) is 3.91. The molecule has 4 heteroatoms. The molecule has 0 spiro atoms. The Morgan fingerprint density at radius 2 is 2.00 bits per heavy atom. The summed E-state index contributed by atoms with van der Waals surface area (Å²) >= 11 is 0. The van der Waals surface area contributed by atoms with Gasteiger partial charge in [-0.1, -0.05) is 0 Å². The molecule has 4 nitrogen and oxygen atoms in total. The van der Waals surface area contributed by atoms with Crippen LogP contribution in [0.15, 0.2) is 0 Å². The lowest BCUT2D eigenvalue weighted by Crippen LogP contribution is -2.39. The molecule has 3 N–H and O–H groups in total. The zero-order chi connectivity index (χ0) is 8.74. The van der Waals surface area contributed by atoms with Gasteiger partial charge in [0, 0.05) is 13.1 Å². The van der Waals surface area contributed by atoms with Gasteiger partial charge in [-0.05, 0) is 0 Å². The Kier molecular flexibility index (Phi) is 5.41. The Morgan fingerprint density at radius 3 is 2.45 bits per heavy atom. The molecule has 0 fully saturated rings. The van der Waals surface area contributed by atoms with Crippen LogP contribution in [0.25, 0.3) is 0 Å². The fourth-order valence-corrected chi connectivity index (χ4v) is 0.523. The molecular weight excluding hydrogens is 142 g/mol. The third kappa shape index (κ3) is 9.84. The zero-order valence-corrected chi connectivity index (χ0v) is 7.76. The minimum absolute atomic E-state index is 0.615. The second kappa shape index (κ2) is 5.49. The molecule has 0 radical (unpaired) electrons. The van der Waals surface area contributed by atoms with Crippen LogP contribution in [-0.4, -0.2) is 51.9 Å². The van der Waals surface area contributed by atoms with Crippen LogP contribution in [-0.2, 0) is 4.84 Å². The highest BCUT2D eigenvalue weighted by Crippen LogP contribution is 1.87. The van der Waals surface area contributed by atoms with E-state index in [0.717, 1.165) is 24.2 Å². The number of rotatable bonds is 6. The number of hydroxylamine groups is 1. The quantitative estimate of drug-likeness (QED) is 0.304. The van der Waals surface area contributed by atoms with Crippen LogP contribution >= 0.6 is 0 Å². The maximum absolute atomic E-state index is 5.25. The van der Waals surface area contributed by atoms with E-state index < -0.39 is 0 Å². The summed E-state index contributed by atoms with van der Waals surface area (Å²) in [6.45, 7) is 3.06. The van der Waals surface area contributed by atoms with Crippen molar-refractivity contribution in [3.05, 3.63) is 0 Å². The van der Waals surface area contributed by atoms with E-state index in [0.29, 0.717) is 6.54 Å². The lowest BCUT2D eigenvalue weighted by molar-refractivity contribution is -0.871. The molecule has 11 heavy (non-hydrogen) atoms. The molecule has 0 amide bonds. The molecule has 0 aliphatic heterocycles. The summed E-state index contributed by atoms with van der Waals surface area (Å²) in [7, 11) is 6.39. The minimum atomic E-state index is 0.615. The van der Waals surface area contributed by atoms with E-state index in [9.17, 15) is 0 Å². The number of nitrogens with two attached hydrogens (primary N) is 1. The van der Waals surface area contributed by atoms with Crippen LogP contribution in [0, 0.1) is 0 Å². The molecule has 0 heterocycles. The lowest BCUT2D eigenvalue weighted by Gasteiger charge is -2.23. The first-order valence-corrected chi connectivity index (χ1v) is 3.91. The molecule has 0 rings (SSSR count). The summed E-state index contributed by atoms with van der Waals surface area (Å²) in [6, 6.07) is 0. The highest BCUT2D eigenvalue weighted by molar-refractivity contribution is 4.32. The first kappa shape index (κ1) is 10.8. The Balaban J connectivity index is 3.02. The summed E-state index contributed by atoms with van der Waals surface area (Å²) in [4.78, 5) is 5.10. The van der Waals surface area contributed by atoms with E-state index in [4.69, 9.17) is 10.6 Å². The molecule has 0 saturated heterocycles. The normalized spacial score (nSPS) is 12.0. The van der Waals surface area contributed by atoms with E-state index >= 15 is 0 Å². The van der Waals surface area contributed by atoms with Crippen molar-refractivity contribution in [2.24, 2.45) is 5.73 Å². The van der Waals surface area contributed by atoms with Crippen LogP contribution in [0.1, 0.15) is 0 Å². The van der Waals surface area contributed by atoms with E-state index in [1.807, 2.05) is 0 Å². The molecule has 68 valence electrons. The summed E-state index contributed by atoms with van der Waals surface area (Å²) in [5.41, 5.74) is 8.02. The van der Waals surface area contributed by atoms with E-state index in [1.165, 1.54) is 0 Å². The van der Waals surface area contributed by atoms with Gasteiger partial charge in [0.25, 0.3) is 0 Å². The SMILES string of the molecule is C[N+](C)(C)CCONCCN. The fourth-order valence-electron chi connectivity index (χ4n) is 0.523. The number of likely N-dealkylation sites (N-methyl/N-ethyl adjacent to an activating group) is 1. The summed E-state index contributed by atoms with van der Waals surface area (Å²) in [5, 5.41) is 0. The molecule has 0 unspecified atom stereocenters. The van der Waals surface area contributed by atoms with Crippen molar-refractivity contribution in [1.82, 2.24) is 5.48 Å². The topological polar surface area (TPSA) is 47.3 Å². The van der Waals surface area contributed by atoms with E-state index in [2.05, 4.69) is 26.6 Å². The van der Waals surface area contributed by atoms with Crippen molar-refractivity contribution < 1.29 is 9.32 Å². The Bertz CT molecular complexity index is 90.2. The van der Waals surface area contributed by atoms with Gasteiger partial charge in [-0.3, -0.25) is 4.84 Å². The van der Waals surface area contributed by atoms with Gasteiger partial charge < -0.3 is 10.2 Å². The van der Waals surface area contributed by atoms with Gasteiger partial charge in [-0.15, -0.1) is 0 Å². The first-order chi connectivity index (χ1) is 5.06. The van der Waals surface area contributed by atoms with Gasteiger partial charge in [-0.2, -0.15) is 0 Å². The van der Waals surface area contributed by atoms with Gasteiger partial charge >= 0.3 is 0 Å². The predicted octanol–water partition coefficient (Wildman–Crippen LogP) is -0.827. The number of hydrogen-bond acceptors (Lipinski definition) is 3. The highest BCUT2D eigenvalue weighted by atomic mass is 16.6. The predicted molar refractivity (Wildman–Crippen MR) is 45.9 cm³/mol. The largest absolute Gasteiger partial charge is 0.329 e. The van der Waals surface area contributed by atoms with Crippen molar-refractivity contribution >= 4 is 0 Å². The maximum Gasteiger partial charge on any atom is 0.117 e. The van der Waals surface area contributed by atoms with Crippen molar-refractivity contribution in [2.45, 2.75) is 0 Å². The average molecular weight is 162 g/mol. The molecule has 0 saturated carbocycles. The Morgan fingerprint density at radius 1 is 1.36 bits per heavy atom. The van der Waals surface area contributed by atoms with Crippen molar-refractivity contribution in [3.8, 4) is 0 Å². The molecule has 0 aliphatic carbocycles. The second-order valence-corrected chi connectivity index (χ2v) is 3.55. The fraction of sp³-hybridized carbons (Fsp3) is 1.00. The summed E-state index contributed by atoms with van der Waals surface area (Å²) in [5.74, 6) is 0. The Labute approximate surface area is 68.9 Å². The standard InChI is InChI=1S/C7H20N3O/c1-10(2,3)6-7-11-9-5-4-8/h9H,4-8H2,1-3H3/q+1. The highest BCUT2D eigenvalue weighted by Gasteiger charge is 2.04. The summed E-state index contributed by atoms with van der Waals surface area (Å²) in [6.07, 6.45) is 0. The van der Waals surface area contributed by atoms with Gasteiger partial charge in [0.1, 0.15) is 13.2 Å². The summed E-state index contributed by atoms with van der Waals surface area (Å²) < 4.78 is 0.921. The van der Waals surface area contributed by atoms with Crippen molar-refractivity contribution in [3.63, 3.8) is 0 Å². The third-order valence-corrected chi connectivity index (χ3v) is 1.21. The number of quaternary nitrogens is 1. The van der Waals surface area contributed by atoms with Crippen LogP contribution in [0.4, 0.5) is 0 Å². The molecular formula is C7H20N3O+. The third-order valence-electron chi connectivity index (χ3n) is 1.21. The van der Waals surface area contributed by atoms with Crippen LogP contribution in [0.5, 0.6) is 0 Å². The molecule has 0 atom stereocenters. The molecule has 0 bridgehead atoms. The number of hydrogen-bond donors (Lipinski definition) is 2. The molecule has 0 aromatic heterocycles. The zero-order valence-electron chi connectivity index (χ0n) is 7.76. The van der Waals surface area contributed by atoms with Gasteiger partial charge in [0.15, 0.2) is 0 Å². The van der Waals surface area contributed by atoms with E-state index in [1.54, 1.807) is 0 Å². The van der Waals surface area contributed by atoms with Gasteiger partial charge in [0.2, 0.25) is 0 Å². The number of nitrogens with one attached hydrogen (secondary N) is 1. The maximum atomic E-state index is 5.25. The molecule has 0 aromatic carbocycles.